The molecule has 0 aliphatic carbocycles. The van der Waals surface area contributed by atoms with Gasteiger partial charge in [-0.05, 0) is 25.6 Å². The van der Waals surface area contributed by atoms with Gasteiger partial charge in [-0.25, -0.2) is 9.97 Å². The molecule has 2 heterocycles. The summed E-state index contributed by atoms with van der Waals surface area (Å²) in [5.41, 5.74) is 0.512. The molecule has 0 unspecified atom stereocenters. The van der Waals surface area contributed by atoms with Crippen molar-refractivity contribution >= 4 is 17.6 Å². The normalized spacial score (nSPS) is 10.3. The summed E-state index contributed by atoms with van der Waals surface area (Å²) in [6.07, 6.45) is 3.29. The summed E-state index contributed by atoms with van der Waals surface area (Å²) < 4.78 is 0. The second kappa shape index (κ2) is 5.63. The van der Waals surface area contributed by atoms with E-state index in [1.807, 2.05) is 6.92 Å². The lowest BCUT2D eigenvalue weighted by Gasteiger charge is -2.04. The van der Waals surface area contributed by atoms with E-state index in [-0.39, 0.29) is 5.56 Å². The third-order valence-electron chi connectivity index (χ3n) is 2.02. The van der Waals surface area contributed by atoms with Crippen molar-refractivity contribution in [3.8, 4) is 0 Å². The van der Waals surface area contributed by atoms with Crippen LogP contribution in [0.4, 0.5) is 5.82 Å². The van der Waals surface area contributed by atoms with E-state index in [4.69, 9.17) is 0 Å². The molecule has 0 aliphatic rings. The predicted octanol–water partition coefficient (Wildman–Crippen LogP) is 1.45. The van der Waals surface area contributed by atoms with Crippen molar-refractivity contribution in [1.82, 2.24) is 19.9 Å². The number of anilines is 1. The van der Waals surface area contributed by atoms with Gasteiger partial charge >= 0.3 is 0 Å². The third-order valence-corrected chi connectivity index (χ3v) is 2.81. The largest absolute Gasteiger partial charge is 0.369 e. The minimum atomic E-state index is -0.166. The Bertz CT molecular complexity index is 598. The lowest BCUT2D eigenvalue weighted by Crippen LogP contribution is -2.08. The number of aromatic nitrogens is 4. The predicted molar refractivity (Wildman–Crippen MR) is 69.9 cm³/mol. The molecule has 0 radical (unpaired) electrons. The van der Waals surface area contributed by atoms with Crippen molar-refractivity contribution in [2.24, 2.45) is 0 Å². The van der Waals surface area contributed by atoms with Crippen molar-refractivity contribution in [3.63, 3.8) is 0 Å². The minimum absolute atomic E-state index is 0.166. The summed E-state index contributed by atoms with van der Waals surface area (Å²) in [6, 6.07) is 1.45. The van der Waals surface area contributed by atoms with Gasteiger partial charge in [0.2, 0.25) is 0 Å². The zero-order chi connectivity index (χ0) is 13.0. The van der Waals surface area contributed by atoms with Crippen LogP contribution in [0.1, 0.15) is 12.6 Å². The van der Waals surface area contributed by atoms with E-state index < -0.39 is 0 Å². The molecule has 2 aromatic rings. The number of aryl methyl sites for hydroxylation is 1. The van der Waals surface area contributed by atoms with Gasteiger partial charge in [0, 0.05) is 18.3 Å². The smallest absolute Gasteiger partial charge is 0.251 e. The van der Waals surface area contributed by atoms with Gasteiger partial charge in [-0.2, -0.15) is 0 Å². The molecule has 0 fully saturated rings. The first-order valence-electron chi connectivity index (χ1n) is 5.49. The van der Waals surface area contributed by atoms with E-state index in [0.717, 1.165) is 6.54 Å². The van der Waals surface area contributed by atoms with Gasteiger partial charge in [-0.15, -0.1) is 0 Å². The highest BCUT2D eigenvalue weighted by atomic mass is 32.2. The van der Waals surface area contributed by atoms with Crippen LogP contribution in [0.2, 0.25) is 0 Å². The fraction of sp³-hybridized carbons (Fsp3) is 0.273. The van der Waals surface area contributed by atoms with E-state index in [1.165, 1.54) is 17.8 Å². The maximum atomic E-state index is 11.3. The van der Waals surface area contributed by atoms with Crippen molar-refractivity contribution < 1.29 is 0 Å². The summed E-state index contributed by atoms with van der Waals surface area (Å²) >= 11 is 1.28. The molecule has 7 heteroatoms. The van der Waals surface area contributed by atoms with Gasteiger partial charge in [-0.3, -0.25) is 9.78 Å². The zero-order valence-electron chi connectivity index (χ0n) is 10.1. The highest BCUT2D eigenvalue weighted by Crippen LogP contribution is 2.21. The molecule has 0 atom stereocenters. The van der Waals surface area contributed by atoms with E-state index in [0.29, 0.717) is 21.7 Å². The third kappa shape index (κ3) is 3.30. The van der Waals surface area contributed by atoms with Crippen LogP contribution in [0.15, 0.2) is 33.4 Å². The molecular weight excluding hydrogens is 250 g/mol. The number of nitrogens with zero attached hydrogens (tertiary/aromatic N) is 3. The number of aromatic amines is 1. The molecule has 0 spiro atoms. The molecular formula is C11H13N5OS. The molecule has 18 heavy (non-hydrogen) atoms. The fourth-order valence-electron chi connectivity index (χ4n) is 1.36. The van der Waals surface area contributed by atoms with E-state index in [1.54, 1.807) is 19.3 Å². The highest BCUT2D eigenvalue weighted by molar-refractivity contribution is 7.99. The number of nitrogens with one attached hydrogen (secondary N) is 2. The van der Waals surface area contributed by atoms with Crippen LogP contribution in [-0.4, -0.2) is 26.5 Å². The summed E-state index contributed by atoms with van der Waals surface area (Å²) in [4.78, 5) is 26.6. The number of hydrogen-bond acceptors (Lipinski definition) is 6. The molecule has 0 bridgehead atoms. The van der Waals surface area contributed by atoms with Crippen molar-refractivity contribution in [2.45, 2.75) is 24.0 Å². The Kier molecular flexibility index (Phi) is 3.93. The maximum Gasteiger partial charge on any atom is 0.251 e. The van der Waals surface area contributed by atoms with Crippen molar-refractivity contribution in [1.29, 1.82) is 0 Å². The Labute approximate surface area is 108 Å². The lowest BCUT2D eigenvalue weighted by atomic mass is 10.5. The first kappa shape index (κ1) is 12.6. The molecule has 0 aliphatic heterocycles. The van der Waals surface area contributed by atoms with Crippen molar-refractivity contribution in [3.05, 3.63) is 34.5 Å². The van der Waals surface area contributed by atoms with Crippen LogP contribution < -0.4 is 10.9 Å². The fourth-order valence-corrected chi connectivity index (χ4v) is 2.16. The molecule has 2 rings (SSSR count). The molecule has 2 N–H and O–H groups in total. The Hall–Kier alpha value is -1.89. The zero-order valence-corrected chi connectivity index (χ0v) is 10.9. The lowest BCUT2D eigenvalue weighted by molar-refractivity contribution is 0.900. The highest BCUT2D eigenvalue weighted by Gasteiger charge is 2.04. The standard InChI is InChI=1S/C11H13N5OS/c1-3-13-8-5-12-6-10(15-8)18-11-14-7(2)4-9(17)16-11/h4-6H,3H2,1-2H3,(H,13,15)(H,14,16,17). The molecule has 6 nitrogen and oxygen atoms in total. The van der Waals surface area contributed by atoms with Gasteiger partial charge in [0.05, 0.1) is 12.4 Å². The maximum absolute atomic E-state index is 11.3. The second-order valence-electron chi connectivity index (χ2n) is 3.57. The van der Waals surface area contributed by atoms with Gasteiger partial charge in [0.15, 0.2) is 5.16 Å². The Morgan fingerprint density at radius 2 is 2.22 bits per heavy atom. The van der Waals surface area contributed by atoms with E-state index in [9.17, 15) is 4.79 Å². The minimum Gasteiger partial charge on any atom is -0.369 e. The monoisotopic (exact) mass is 263 g/mol. The van der Waals surface area contributed by atoms with Gasteiger partial charge in [-0.1, -0.05) is 0 Å². The Morgan fingerprint density at radius 1 is 1.39 bits per heavy atom. The molecule has 0 saturated heterocycles. The van der Waals surface area contributed by atoms with Crippen LogP contribution in [-0.2, 0) is 0 Å². The van der Waals surface area contributed by atoms with Crippen LogP contribution in [0.3, 0.4) is 0 Å². The van der Waals surface area contributed by atoms with Gasteiger partial charge in [0.25, 0.3) is 5.56 Å². The second-order valence-corrected chi connectivity index (χ2v) is 4.58. The average molecular weight is 263 g/mol. The number of rotatable bonds is 4. The Balaban J connectivity index is 2.22. The summed E-state index contributed by atoms with van der Waals surface area (Å²) in [5, 5.41) is 4.28. The topological polar surface area (TPSA) is 83.6 Å². The van der Waals surface area contributed by atoms with Gasteiger partial charge < -0.3 is 10.3 Å². The van der Waals surface area contributed by atoms with E-state index in [2.05, 4.69) is 25.3 Å². The summed E-state index contributed by atoms with van der Waals surface area (Å²) in [6.45, 7) is 4.55. The van der Waals surface area contributed by atoms with Gasteiger partial charge in [0.1, 0.15) is 10.8 Å². The van der Waals surface area contributed by atoms with Crippen molar-refractivity contribution in [2.75, 3.05) is 11.9 Å². The molecule has 94 valence electrons. The number of hydrogen-bond donors (Lipinski definition) is 2. The molecule has 2 aromatic heterocycles. The summed E-state index contributed by atoms with van der Waals surface area (Å²) in [5.74, 6) is 0.706. The van der Waals surface area contributed by atoms with Crippen LogP contribution in [0, 0.1) is 6.92 Å². The van der Waals surface area contributed by atoms with Crippen LogP contribution in [0.5, 0.6) is 0 Å². The molecule has 0 saturated carbocycles. The van der Waals surface area contributed by atoms with Crippen LogP contribution in [0.25, 0.3) is 0 Å². The van der Waals surface area contributed by atoms with E-state index >= 15 is 0 Å². The first-order chi connectivity index (χ1) is 8.67. The quantitative estimate of drug-likeness (QED) is 0.812. The molecule has 0 amide bonds. The first-order valence-corrected chi connectivity index (χ1v) is 6.31. The SMILES string of the molecule is CCNc1cncc(Sc2nc(C)cc(=O)[nH]2)n1. The number of H-pyrrole nitrogens is 1. The summed E-state index contributed by atoms with van der Waals surface area (Å²) in [7, 11) is 0. The van der Waals surface area contributed by atoms with Crippen LogP contribution >= 0.6 is 11.8 Å². The Morgan fingerprint density at radius 3 is 2.94 bits per heavy atom. The average Bonchev–Trinajstić information content (AvgIpc) is 2.28. The molecule has 0 aromatic carbocycles.